The average Bonchev–Trinajstić information content (AvgIpc) is 2.25. The number of halogens is 2. The van der Waals surface area contributed by atoms with E-state index < -0.39 is 5.24 Å². The Kier molecular flexibility index (Phi) is 5.46. The zero-order valence-electron chi connectivity index (χ0n) is 12.5. The average molecular weight is 301 g/mol. The van der Waals surface area contributed by atoms with Crippen molar-refractivity contribution < 1.29 is 4.79 Å². The van der Waals surface area contributed by atoms with Crippen LogP contribution in [-0.2, 0) is 0 Å². The lowest BCUT2D eigenvalue weighted by Gasteiger charge is -2.23. The molecule has 0 bridgehead atoms. The third-order valence-electron chi connectivity index (χ3n) is 3.36. The van der Waals surface area contributed by atoms with Crippen LogP contribution in [-0.4, -0.2) is 5.24 Å². The quantitative estimate of drug-likeness (QED) is 0.615. The van der Waals surface area contributed by atoms with E-state index in [9.17, 15) is 4.79 Å². The van der Waals surface area contributed by atoms with Crippen LogP contribution in [0.5, 0.6) is 0 Å². The molecule has 0 amide bonds. The molecule has 0 spiro atoms. The first-order chi connectivity index (χ1) is 8.68. The normalized spacial score (nSPS) is 11.7. The van der Waals surface area contributed by atoms with Crippen LogP contribution < -0.4 is 0 Å². The molecule has 0 heterocycles. The lowest BCUT2D eigenvalue weighted by Crippen LogP contribution is -2.09. The predicted molar refractivity (Wildman–Crippen MR) is 83.9 cm³/mol. The molecule has 0 fully saturated rings. The molecule has 106 valence electrons. The molecule has 0 atom stereocenters. The number of hydrogen-bond acceptors (Lipinski definition) is 1. The Morgan fingerprint density at radius 2 is 1.42 bits per heavy atom. The monoisotopic (exact) mass is 300 g/mol. The highest BCUT2D eigenvalue weighted by atomic mass is 35.5. The molecule has 19 heavy (non-hydrogen) atoms. The molecule has 1 nitrogen and oxygen atoms in total. The summed E-state index contributed by atoms with van der Waals surface area (Å²) in [6.07, 6.45) is 0. The highest BCUT2D eigenvalue weighted by molar-refractivity contribution is 6.68. The lowest BCUT2D eigenvalue weighted by atomic mass is 9.84. The molecule has 0 saturated carbocycles. The van der Waals surface area contributed by atoms with Crippen molar-refractivity contribution in [3.05, 3.63) is 33.3 Å². The fourth-order valence-electron chi connectivity index (χ4n) is 2.49. The van der Waals surface area contributed by atoms with E-state index in [1.807, 2.05) is 19.9 Å². The van der Waals surface area contributed by atoms with Gasteiger partial charge in [0, 0.05) is 10.6 Å². The molecule has 1 aromatic carbocycles. The van der Waals surface area contributed by atoms with Crippen molar-refractivity contribution in [1.29, 1.82) is 0 Å². The van der Waals surface area contributed by atoms with Gasteiger partial charge in [-0.2, -0.15) is 0 Å². The largest absolute Gasteiger partial charge is 0.276 e. The van der Waals surface area contributed by atoms with Crippen LogP contribution in [0.25, 0.3) is 0 Å². The molecule has 0 aromatic heterocycles. The Morgan fingerprint density at radius 1 is 0.947 bits per heavy atom. The Balaban J connectivity index is 3.75. The van der Waals surface area contributed by atoms with Gasteiger partial charge in [-0.15, -0.1) is 0 Å². The van der Waals surface area contributed by atoms with Gasteiger partial charge in [0.15, 0.2) is 0 Å². The third-order valence-corrected chi connectivity index (χ3v) is 3.97. The SMILES string of the molecule is CC(C)c1cc(C(=O)Cl)c(C(C)C)c(Cl)c1C(C)C. The number of rotatable bonds is 4. The van der Waals surface area contributed by atoms with E-state index in [0.29, 0.717) is 22.4 Å². The highest BCUT2D eigenvalue weighted by Crippen LogP contribution is 2.40. The van der Waals surface area contributed by atoms with Crippen molar-refractivity contribution in [1.82, 2.24) is 0 Å². The molecule has 1 rings (SSSR count). The van der Waals surface area contributed by atoms with Crippen molar-refractivity contribution in [3.8, 4) is 0 Å². The van der Waals surface area contributed by atoms with E-state index in [-0.39, 0.29) is 5.92 Å². The molecule has 0 aliphatic carbocycles. The molecule has 0 saturated heterocycles. The summed E-state index contributed by atoms with van der Waals surface area (Å²) in [5.74, 6) is 0.802. The van der Waals surface area contributed by atoms with Crippen LogP contribution in [0.15, 0.2) is 6.07 Å². The first kappa shape index (κ1) is 16.5. The third kappa shape index (κ3) is 3.32. The summed E-state index contributed by atoms with van der Waals surface area (Å²) in [5, 5.41) is 0.281. The zero-order chi connectivity index (χ0) is 14.9. The number of carbonyl (C=O) groups excluding carboxylic acids is 1. The summed E-state index contributed by atoms with van der Waals surface area (Å²) in [6, 6.07) is 1.93. The maximum Gasteiger partial charge on any atom is 0.252 e. The van der Waals surface area contributed by atoms with Gasteiger partial charge in [-0.05, 0) is 52.1 Å². The fourth-order valence-corrected chi connectivity index (χ4v) is 3.30. The minimum Gasteiger partial charge on any atom is -0.276 e. The molecule has 1 aromatic rings. The van der Waals surface area contributed by atoms with Crippen LogP contribution in [0.1, 0.15) is 86.3 Å². The van der Waals surface area contributed by atoms with E-state index in [4.69, 9.17) is 23.2 Å². The number of hydrogen-bond donors (Lipinski definition) is 0. The van der Waals surface area contributed by atoms with Crippen molar-refractivity contribution in [2.45, 2.75) is 59.3 Å². The Morgan fingerprint density at radius 3 is 1.74 bits per heavy atom. The molecular weight excluding hydrogens is 279 g/mol. The van der Waals surface area contributed by atoms with E-state index in [0.717, 1.165) is 16.7 Å². The number of benzene rings is 1. The minimum atomic E-state index is -0.428. The topological polar surface area (TPSA) is 17.1 Å². The van der Waals surface area contributed by atoms with Gasteiger partial charge in [0.25, 0.3) is 5.24 Å². The van der Waals surface area contributed by atoms with Crippen LogP contribution in [0.3, 0.4) is 0 Å². The van der Waals surface area contributed by atoms with E-state index in [1.54, 1.807) is 0 Å². The summed E-state index contributed by atoms with van der Waals surface area (Å²) in [5.41, 5.74) is 3.68. The van der Waals surface area contributed by atoms with Gasteiger partial charge in [0.05, 0.1) is 0 Å². The Labute approximate surface area is 126 Å². The molecular formula is C16H22Cl2O. The number of carbonyl (C=O) groups is 1. The van der Waals surface area contributed by atoms with Crippen LogP contribution in [0.4, 0.5) is 0 Å². The fraction of sp³-hybridized carbons (Fsp3) is 0.562. The first-order valence-corrected chi connectivity index (χ1v) is 7.50. The zero-order valence-corrected chi connectivity index (χ0v) is 14.0. The van der Waals surface area contributed by atoms with Gasteiger partial charge in [-0.1, -0.05) is 53.1 Å². The van der Waals surface area contributed by atoms with Crippen molar-refractivity contribution in [2.75, 3.05) is 0 Å². The second kappa shape index (κ2) is 6.28. The molecule has 3 heteroatoms. The van der Waals surface area contributed by atoms with Crippen molar-refractivity contribution >= 4 is 28.4 Å². The minimum absolute atomic E-state index is 0.170. The highest BCUT2D eigenvalue weighted by Gasteiger charge is 2.24. The molecule has 0 aliphatic rings. The Hall–Kier alpha value is -0.530. The second-order valence-corrected chi connectivity index (χ2v) is 6.61. The van der Waals surface area contributed by atoms with E-state index in [1.165, 1.54) is 0 Å². The summed E-state index contributed by atoms with van der Waals surface area (Å²) >= 11 is 12.3. The summed E-state index contributed by atoms with van der Waals surface area (Å²) in [7, 11) is 0. The first-order valence-electron chi connectivity index (χ1n) is 6.74. The standard InChI is InChI=1S/C16H22Cl2O/c1-8(2)11-7-12(16(18)19)14(10(5)6)15(17)13(11)9(3)4/h7-10H,1-6H3. The smallest absolute Gasteiger partial charge is 0.252 e. The van der Waals surface area contributed by atoms with Gasteiger partial charge in [0.1, 0.15) is 0 Å². The molecule has 0 N–H and O–H groups in total. The summed E-state index contributed by atoms with van der Waals surface area (Å²) < 4.78 is 0. The molecule has 0 aliphatic heterocycles. The van der Waals surface area contributed by atoms with Gasteiger partial charge in [0.2, 0.25) is 0 Å². The maximum absolute atomic E-state index is 11.7. The Bertz CT molecular complexity index is 488. The predicted octanol–water partition coefficient (Wildman–Crippen LogP) is 6.09. The van der Waals surface area contributed by atoms with Crippen molar-refractivity contribution in [3.63, 3.8) is 0 Å². The lowest BCUT2D eigenvalue weighted by molar-refractivity contribution is 0.108. The van der Waals surface area contributed by atoms with Crippen LogP contribution in [0.2, 0.25) is 5.02 Å². The van der Waals surface area contributed by atoms with Crippen LogP contribution in [0, 0.1) is 0 Å². The summed E-state index contributed by atoms with van der Waals surface area (Å²) in [6.45, 7) is 12.5. The second-order valence-electron chi connectivity index (χ2n) is 5.89. The van der Waals surface area contributed by atoms with E-state index in [2.05, 4.69) is 27.7 Å². The van der Waals surface area contributed by atoms with Gasteiger partial charge >= 0.3 is 0 Å². The van der Waals surface area contributed by atoms with Gasteiger partial charge in [-0.25, -0.2) is 0 Å². The summed E-state index contributed by atoms with van der Waals surface area (Å²) in [4.78, 5) is 11.7. The molecule has 0 radical (unpaired) electrons. The van der Waals surface area contributed by atoms with Crippen LogP contribution >= 0.6 is 23.2 Å². The maximum atomic E-state index is 11.7. The van der Waals surface area contributed by atoms with E-state index >= 15 is 0 Å². The van der Waals surface area contributed by atoms with Crippen molar-refractivity contribution in [2.24, 2.45) is 0 Å². The van der Waals surface area contributed by atoms with Gasteiger partial charge in [-0.3, -0.25) is 4.79 Å². The van der Waals surface area contributed by atoms with Gasteiger partial charge < -0.3 is 0 Å². The molecule has 0 unspecified atom stereocenters.